The number of ether oxygens (including phenoxy) is 1. The molecule has 1 aromatic heterocycles. The van der Waals surface area contributed by atoms with Crippen LogP contribution in [0.2, 0.25) is 0 Å². The van der Waals surface area contributed by atoms with Gasteiger partial charge in [-0.25, -0.2) is 18.6 Å². The molecule has 0 fully saturated rings. The first-order chi connectivity index (χ1) is 11.6. The fourth-order valence-electron chi connectivity index (χ4n) is 2.41. The van der Waals surface area contributed by atoms with Gasteiger partial charge in [0.15, 0.2) is 0 Å². The Morgan fingerprint density at radius 1 is 1.17 bits per heavy atom. The zero-order valence-electron chi connectivity index (χ0n) is 12.9. The number of nitrogens with zero attached hydrogens (tertiary/aromatic N) is 2. The molecule has 0 atom stereocenters. The largest absolute Gasteiger partial charge is 0.465 e. The quantitative estimate of drug-likeness (QED) is 0.687. The van der Waals surface area contributed by atoms with E-state index in [2.05, 4.69) is 9.72 Å². The van der Waals surface area contributed by atoms with E-state index in [4.69, 9.17) is 0 Å². The zero-order chi connectivity index (χ0) is 17.1. The smallest absolute Gasteiger partial charge is 0.337 e. The molecule has 4 nitrogen and oxygen atoms in total. The predicted octanol–water partition coefficient (Wildman–Crippen LogP) is 3.66. The third-order valence-corrected chi connectivity index (χ3v) is 3.62. The fraction of sp³-hybridized carbons (Fsp3) is 0.111. The highest BCUT2D eigenvalue weighted by atomic mass is 19.1. The monoisotopic (exact) mass is 328 g/mol. The van der Waals surface area contributed by atoms with Gasteiger partial charge in [0.05, 0.1) is 18.2 Å². The maximum atomic E-state index is 14.0. The fourth-order valence-corrected chi connectivity index (χ4v) is 2.41. The number of carbonyl (C=O) groups excluding carboxylic acids is 1. The molecule has 0 aliphatic rings. The lowest BCUT2D eigenvalue weighted by molar-refractivity contribution is 0.0600. The Labute approximate surface area is 137 Å². The number of benzene rings is 2. The molecule has 0 unspecified atom stereocenters. The molecule has 0 saturated heterocycles. The second-order valence-electron chi connectivity index (χ2n) is 5.19. The van der Waals surface area contributed by atoms with E-state index in [-0.39, 0.29) is 5.56 Å². The summed E-state index contributed by atoms with van der Waals surface area (Å²) in [6.45, 7) is 0.438. The molecule has 3 rings (SSSR count). The van der Waals surface area contributed by atoms with Gasteiger partial charge in [0, 0.05) is 25.0 Å². The Morgan fingerprint density at radius 3 is 2.58 bits per heavy atom. The second kappa shape index (κ2) is 6.62. The normalized spacial score (nSPS) is 10.6. The van der Waals surface area contributed by atoms with Gasteiger partial charge in [0.25, 0.3) is 0 Å². The van der Waals surface area contributed by atoms with Gasteiger partial charge >= 0.3 is 5.97 Å². The van der Waals surface area contributed by atoms with Gasteiger partial charge in [0.2, 0.25) is 0 Å². The van der Waals surface area contributed by atoms with Crippen molar-refractivity contribution < 1.29 is 18.3 Å². The lowest BCUT2D eigenvalue weighted by atomic mass is 10.1. The predicted molar refractivity (Wildman–Crippen MR) is 84.5 cm³/mol. The van der Waals surface area contributed by atoms with Crippen LogP contribution in [-0.2, 0) is 11.3 Å². The summed E-state index contributed by atoms with van der Waals surface area (Å²) >= 11 is 0. The van der Waals surface area contributed by atoms with E-state index in [0.717, 1.165) is 11.6 Å². The van der Waals surface area contributed by atoms with Crippen LogP contribution < -0.4 is 0 Å². The number of hydrogen-bond acceptors (Lipinski definition) is 3. The summed E-state index contributed by atoms with van der Waals surface area (Å²) in [5.41, 5.74) is 1.59. The number of hydrogen-bond donors (Lipinski definition) is 0. The Hall–Kier alpha value is -3.02. The number of imidazole rings is 1. The minimum Gasteiger partial charge on any atom is -0.465 e. The van der Waals surface area contributed by atoms with Gasteiger partial charge in [-0.05, 0) is 29.8 Å². The summed E-state index contributed by atoms with van der Waals surface area (Å²) in [6.07, 6.45) is 3.27. The first kappa shape index (κ1) is 15.9. The van der Waals surface area contributed by atoms with Crippen LogP contribution in [0.1, 0.15) is 15.9 Å². The number of aromatic nitrogens is 2. The Morgan fingerprint density at radius 2 is 1.92 bits per heavy atom. The summed E-state index contributed by atoms with van der Waals surface area (Å²) in [6, 6.07) is 10.3. The number of carbonyl (C=O) groups is 1. The first-order valence-electron chi connectivity index (χ1n) is 7.22. The minimum absolute atomic E-state index is 0.229. The van der Waals surface area contributed by atoms with Crippen LogP contribution in [0.3, 0.4) is 0 Å². The number of rotatable bonds is 4. The molecule has 0 aliphatic carbocycles. The van der Waals surface area contributed by atoms with E-state index in [0.29, 0.717) is 17.9 Å². The maximum absolute atomic E-state index is 14.0. The van der Waals surface area contributed by atoms with Crippen LogP contribution in [-0.4, -0.2) is 22.6 Å². The third kappa shape index (κ3) is 3.17. The van der Waals surface area contributed by atoms with E-state index in [1.54, 1.807) is 41.2 Å². The molecule has 122 valence electrons. The molecule has 0 saturated carbocycles. The van der Waals surface area contributed by atoms with Crippen molar-refractivity contribution in [2.45, 2.75) is 6.54 Å². The molecule has 0 aliphatic heterocycles. The van der Waals surface area contributed by atoms with E-state index < -0.39 is 17.6 Å². The van der Waals surface area contributed by atoms with E-state index in [9.17, 15) is 13.6 Å². The molecule has 24 heavy (non-hydrogen) atoms. The standard InChI is InChI=1S/C18H14F2N2O2/c1-24-18(23)13-4-2-12(3-5-13)11-22-9-8-21-17(22)15-7-6-14(19)10-16(15)20/h2-10H,11H2,1H3. The number of esters is 1. The van der Waals surface area contributed by atoms with E-state index in [1.807, 2.05) is 0 Å². The summed E-state index contributed by atoms with van der Waals surface area (Å²) in [5, 5.41) is 0. The van der Waals surface area contributed by atoms with Crippen molar-refractivity contribution in [3.05, 3.63) is 77.6 Å². The molecule has 0 N–H and O–H groups in total. The third-order valence-electron chi connectivity index (χ3n) is 3.62. The van der Waals surface area contributed by atoms with Crippen LogP contribution in [0, 0.1) is 11.6 Å². The van der Waals surface area contributed by atoms with Crippen molar-refractivity contribution in [3.63, 3.8) is 0 Å². The van der Waals surface area contributed by atoms with Crippen molar-refractivity contribution in [2.24, 2.45) is 0 Å². The van der Waals surface area contributed by atoms with Gasteiger partial charge < -0.3 is 9.30 Å². The summed E-state index contributed by atoms with van der Waals surface area (Å²) in [7, 11) is 1.32. The summed E-state index contributed by atoms with van der Waals surface area (Å²) in [4.78, 5) is 15.6. The van der Waals surface area contributed by atoms with Crippen molar-refractivity contribution in [1.29, 1.82) is 0 Å². The molecule has 0 radical (unpaired) electrons. The zero-order valence-corrected chi connectivity index (χ0v) is 12.9. The molecule has 0 bridgehead atoms. The van der Waals surface area contributed by atoms with Crippen molar-refractivity contribution >= 4 is 5.97 Å². The molecule has 3 aromatic rings. The minimum atomic E-state index is -0.663. The van der Waals surface area contributed by atoms with Gasteiger partial charge in [-0.2, -0.15) is 0 Å². The lowest BCUT2D eigenvalue weighted by Gasteiger charge is -2.09. The molecular formula is C18H14F2N2O2. The van der Waals surface area contributed by atoms with Crippen LogP contribution in [0.25, 0.3) is 11.4 Å². The Bertz CT molecular complexity index is 873. The lowest BCUT2D eigenvalue weighted by Crippen LogP contribution is -2.04. The van der Waals surface area contributed by atoms with Gasteiger partial charge in [0.1, 0.15) is 17.5 Å². The van der Waals surface area contributed by atoms with E-state index in [1.165, 1.54) is 19.2 Å². The molecule has 0 spiro atoms. The van der Waals surface area contributed by atoms with Gasteiger partial charge in [-0.15, -0.1) is 0 Å². The molecular weight excluding hydrogens is 314 g/mol. The van der Waals surface area contributed by atoms with Crippen LogP contribution in [0.4, 0.5) is 8.78 Å². The number of methoxy groups -OCH3 is 1. The maximum Gasteiger partial charge on any atom is 0.337 e. The van der Waals surface area contributed by atoms with Crippen molar-refractivity contribution in [3.8, 4) is 11.4 Å². The van der Waals surface area contributed by atoms with Gasteiger partial charge in [-0.3, -0.25) is 0 Å². The highest BCUT2D eigenvalue weighted by Gasteiger charge is 2.12. The highest BCUT2D eigenvalue weighted by Crippen LogP contribution is 2.23. The average Bonchev–Trinajstić information content (AvgIpc) is 3.03. The molecule has 1 heterocycles. The average molecular weight is 328 g/mol. The Kier molecular flexibility index (Phi) is 4.37. The topological polar surface area (TPSA) is 44.1 Å². The summed E-state index contributed by atoms with van der Waals surface area (Å²) < 4.78 is 33.4. The van der Waals surface area contributed by atoms with Crippen LogP contribution in [0.15, 0.2) is 54.9 Å². The number of halogens is 2. The molecule has 6 heteroatoms. The molecule has 2 aromatic carbocycles. The van der Waals surface area contributed by atoms with Crippen molar-refractivity contribution in [2.75, 3.05) is 7.11 Å². The van der Waals surface area contributed by atoms with Crippen molar-refractivity contribution in [1.82, 2.24) is 9.55 Å². The van der Waals surface area contributed by atoms with Gasteiger partial charge in [-0.1, -0.05) is 12.1 Å². The second-order valence-corrected chi connectivity index (χ2v) is 5.19. The van der Waals surface area contributed by atoms with E-state index >= 15 is 0 Å². The molecule has 0 amide bonds. The first-order valence-corrected chi connectivity index (χ1v) is 7.22. The summed E-state index contributed by atoms with van der Waals surface area (Å²) in [5.74, 6) is -1.29. The highest BCUT2D eigenvalue weighted by molar-refractivity contribution is 5.89. The van der Waals surface area contributed by atoms with Crippen LogP contribution >= 0.6 is 0 Å². The Balaban J connectivity index is 1.87. The van der Waals surface area contributed by atoms with Crippen LogP contribution in [0.5, 0.6) is 0 Å². The SMILES string of the molecule is COC(=O)c1ccc(Cn2ccnc2-c2ccc(F)cc2F)cc1.